The fourth-order valence-corrected chi connectivity index (χ4v) is 2.66. The number of allylic oxidation sites excluding steroid dienone is 2. The third kappa shape index (κ3) is 1.68. The Labute approximate surface area is 101 Å². The molecule has 0 fully saturated rings. The average molecular weight is 238 g/mol. The van der Waals surface area contributed by atoms with E-state index in [1.54, 1.807) is 32.9 Å². The molecule has 0 bridgehead atoms. The van der Waals surface area contributed by atoms with Crippen molar-refractivity contribution < 1.29 is 19.8 Å². The summed E-state index contributed by atoms with van der Waals surface area (Å²) in [4.78, 5) is 23.1. The Morgan fingerprint density at radius 3 is 1.94 bits per heavy atom. The van der Waals surface area contributed by atoms with Crippen molar-refractivity contribution in [1.29, 1.82) is 0 Å². The van der Waals surface area contributed by atoms with Crippen molar-refractivity contribution in [2.75, 3.05) is 0 Å². The summed E-state index contributed by atoms with van der Waals surface area (Å²) in [5.41, 5.74) is -1.92. The lowest BCUT2D eigenvalue weighted by Crippen LogP contribution is -2.51. The molecule has 1 rings (SSSR count). The Balaban J connectivity index is 3.53. The van der Waals surface area contributed by atoms with Crippen LogP contribution in [0.15, 0.2) is 23.8 Å². The van der Waals surface area contributed by atoms with Crippen LogP contribution in [-0.2, 0) is 9.59 Å². The van der Waals surface area contributed by atoms with Gasteiger partial charge in [0.25, 0.3) is 0 Å². The highest BCUT2D eigenvalue weighted by Crippen LogP contribution is 2.50. The molecule has 0 spiro atoms. The molecule has 4 nitrogen and oxygen atoms in total. The zero-order chi connectivity index (χ0) is 13.3. The van der Waals surface area contributed by atoms with Gasteiger partial charge < -0.3 is 10.2 Å². The highest BCUT2D eigenvalue weighted by molar-refractivity contribution is 5.91. The van der Waals surface area contributed by atoms with Crippen molar-refractivity contribution >= 4 is 11.9 Å². The van der Waals surface area contributed by atoms with Crippen molar-refractivity contribution in [2.24, 2.45) is 10.8 Å². The molecule has 0 aromatic heterocycles. The van der Waals surface area contributed by atoms with Gasteiger partial charge in [-0.3, -0.25) is 9.59 Å². The zero-order valence-corrected chi connectivity index (χ0v) is 10.4. The third-order valence-corrected chi connectivity index (χ3v) is 3.78. The van der Waals surface area contributed by atoms with Crippen LogP contribution in [0.5, 0.6) is 0 Å². The van der Waals surface area contributed by atoms with E-state index in [0.717, 1.165) is 5.57 Å². The first kappa shape index (κ1) is 13.5. The van der Waals surface area contributed by atoms with Crippen LogP contribution in [-0.4, -0.2) is 22.2 Å². The standard InChI is InChI=1S/C13H18O4/c1-4-12(10(14)15)7-6-9(3)8-13(12,5-2)11(16)17/h6-8H,4-5H2,1-3H3,(H,14,15)(H,16,17). The van der Waals surface area contributed by atoms with Crippen LogP contribution < -0.4 is 0 Å². The summed E-state index contributed by atoms with van der Waals surface area (Å²) in [6.45, 7) is 5.20. The fourth-order valence-electron chi connectivity index (χ4n) is 2.66. The van der Waals surface area contributed by atoms with E-state index >= 15 is 0 Å². The SMILES string of the molecule is CCC1(C(=O)O)C=CC(C)=CC1(CC)C(=O)O. The van der Waals surface area contributed by atoms with Gasteiger partial charge in [0.2, 0.25) is 0 Å². The molecule has 2 N–H and O–H groups in total. The quantitative estimate of drug-likeness (QED) is 0.789. The van der Waals surface area contributed by atoms with E-state index in [4.69, 9.17) is 0 Å². The predicted octanol–water partition coefficient (Wildman–Crippen LogP) is 2.46. The van der Waals surface area contributed by atoms with Crippen molar-refractivity contribution in [2.45, 2.75) is 33.6 Å². The van der Waals surface area contributed by atoms with Crippen LogP contribution in [0.4, 0.5) is 0 Å². The summed E-state index contributed by atoms with van der Waals surface area (Å²) >= 11 is 0. The van der Waals surface area contributed by atoms with Gasteiger partial charge in [0.1, 0.15) is 10.8 Å². The zero-order valence-electron chi connectivity index (χ0n) is 10.4. The normalized spacial score (nSPS) is 32.1. The van der Waals surface area contributed by atoms with Crippen LogP contribution in [0.2, 0.25) is 0 Å². The van der Waals surface area contributed by atoms with Gasteiger partial charge in [-0.15, -0.1) is 0 Å². The van der Waals surface area contributed by atoms with E-state index in [2.05, 4.69) is 0 Å². The highest BCUT2D eigenvalue weighted by Gasteiger charge is 2.57. The molecule has 0 radical (unpaired) electrons. The number of carboxylic acid groups (broad SMARTS) is 2. The van der Waals surface area contributed by atoms with Gasteiger partial charge in [-0.05, 0) is 19.8 Å². The molecule has 0 heterocycles. The maximum absolute atomic E-state index is 11.6. The van der Waals surface area contributed by atoms with Crippen LogP contribution in [0.3, 0.4) is 0 Å². The lowest BCUT2D eigenvalue weighted by Gasteiger charge is -2.42. The average Bonchev–Trinajstić information content (AvgIpc) is 2.28. The molecule has 17 heavy (non-hydrogen) atoms. The molecule has 1 aliphatic carbocycles. The van der Waals surface area contributed by atoms with E-state index in [1.807, 2.05) is 0 Å². The fraction of sp³-hybridized carbons (Fsp3) is 0.538. The van der Waals surface area contributed by atoms with Gasteiger partial charge in [-0.25, -0.2) is 0 Å². The highest BCUT2D eigenvalue weighted by atomic mass is 16.4. The first-order valence-electron chi connectivity index (χ1n) is 5.71. The minimum Gasteiger partial charge on any atom is -0.481 e. The van der Waals surface area contributed by atoms with E-state index in [-0.39, 0.29) is 12.8 Å². The molecule has 0 aliphatic heterocycles. The summed E-state index contributed by atoms with van der Waals surface area (Å²) in [5.74, 6) is -2.16. The van der Waals surface area contributed by atoms with Crippen LogP contribution in [0.25, 0.3) is 0 Å². The minimum atomic E-state index is -1.35. The van der Waals surface area contributed by atoms with Gasteiger partial charge in [0.05, 0.1) is 0 Å². The van der Waals surface area contributed by atoms with Gasteiger partial charge in [-0.1, -0.05) is 37.6 Å². The molecule has 0 saturated heterocycles. The van der Waals surface area contributed by atoms with Crippen LogP contribution in [0, 0.1) is 10.8 Å². The Morgan fingerprint density at radius 1 is 1.12 bits per heavy atom. The lowest BCUT2D eigenvalue weighted by atomic mass is 9.57. The third-order valence-electron chi connectivity index (χ3n) is 3.78. The number of aliphatic carboxylic acids is 2. The van der Waals surface area contributed by atoms with E-state index in [9.17, 15) is 19.8 Å². The van der Waals surface area contributed by atoms with Crippen LogP contribution >= 0.6 is 0 Å². The number of hydrogen-bond acceptors (Lipinski definition) is 2. The van der Waals surface area contributed by atoms with E-state index < -0.39 is 22.8 Å². The topological polar surface area (TPSA) is 74.6 Å². The molecular formula is C13H18O4. The molecule has 1 aliphatic rings. The first-order chi connectivity index (χ1) is 7.86. The Hall–Kier alpha value is -1.58. The maximum atomic E-state index is 11.6. The van der Waals surface area contributed by atoms with Crippen molar-refractivity contribution in [1.82, 2.24) is 0 Å². The first-order valence-corrected chi connectivity index (χ1v) is 5.71. The number of carboxylic acids is 2. The molecule has 0 saturated carbocycles. The van der Waals surface area contributed by atoms with Gasteiger partial charge in [0, 0.05) is 0 Å². The van der Waals surface area contributed by atoms with Gasteiger partial charge in [0.15, 0.2) is 0 Å². The van der Waals surface area contributed by atoms with E-state index in [0.29, 0.717) is 0 Å². The summed E-state index contributed by atoms with van der Waals surface area (Å²) in [5, 5.41) is 18.9. The largest absolute Gasteiger partial charge is 0.481 e. The predicted molar refractivity (Wildman–Crippen MR) is 63.6 cm³/mol. The monoisotopic (exact) mass is 238 g/mol. The molecule has 4 heteroatoms. The molecule has 2 unspecified atom stereocenters. The summed E-state index contributed by atoms with van der Waals surface area (Å²) in [6.07, 6.45) is 5.30. The van der Waals surface area contributed by atoms with Gasteiger partial charge >= 0.3 is 11.9 Å². The second kappa shape index (κ2) is 4.35. The summed E-state index contributed by atoms with van der Waals surface area (Å²) < 4.78 is 0. The smallest absolute Gasteiger partial charge is 0.315 e. The lowest BCUT2D eigenvalue weighted by molar-refractivity contribution is -0.166. The maximum Gasteiger partial charge on any atom is 0.315 e. The van der Waals surface area contributed by atoms with Gasteiger partial charge in [-0.2, -0.15) is 0 Å². The van der Waals surface area contributed by atoms with Crippen molar-refractivity contribution in [3.05, 3.63) is 23.8 Å². The molecule has 0 amide bonds. The second-order valence-electron chi connectivity index (χ2n) is 4.48. The molecule has 94 valence electrons. The summed E-state index contributed by atoms with van der Waals surface area (Å²) in [6, 6.07) is 0. The number of carbonyl (C=O) groups is 2. The number of hydrogen-bond donors (Lipinski definition) is 2. The Morgan fingerprint density at radius 2 is 1.59 bits per heavy atom. The molecular weight excluding hydrogens is 220 g/mol. The second-order valence-corrected chi connectivity index (χ2v) is 4.48. The molecule has 2 atom stereocenters. The van der Waals surface area contributed by atoms with Crippen molar-refractivity contribution in [3.63, 3.8) is 0 Å². The van der Waals surface area contributed by atoms with E-state index in [1.165, 1.54) is 6.08 Å². The van der Waals surface area contributed by atoms with Crippen molar-refractivity contribution in [3.8, 4) is 0 Å². The Bertz CT molecular complexity index is 408. The number of rotatable bonds is 4. The molecule has 0 aromatic rings. The minimum absolute atomic E-state index is 0.253. The molecule has 0 aromatic carbocycles. The summed E-state index contributed by atoms with van der Waals surface area (Å²) in [7, 11) is 0. The Kier molecular flexibility index (Phi) is 3.45. The van der Waals surface area contributed by atoms with Crippen LogP contribution in [0.1, 0.15) is 33.6 Å².